The average Bonchev–Trinajstić information content (AvgIpc) is 3.17. The Hall–Kier alpha value is -1.77. The van der Waals surface area contributed by atoms with E-state index < -0.39 is 10.0 Å². The molecule has 1 aromatic heterocycles. The lowest BCUT2D eigenvalue weighted by atomic mass is 9.99. The lowest BCUT2D eigenvalue weighted by Gasteiger charge is -2.30. The fourth-order valence-corrected chi connectivity index (χ4v) is 5.75. The maximum atomic E-state index is 13.2. The number of rotatable bonds is 6. The molecule has 0 spiro atoms. The SMILES string of the molecule is O=C(NCCc1cccc(F)c1)[C@@H]1CCCN(S(=O)(=O)c2cccs2)C1. The van der Waals surface area contributed by atoms with Crippen LogP contribution in [0.5, 0.6) is 0 Å². The van der Waals surface area contributed by atoms with Gasteiger partial charge in [0.1, 0.15) is 10.0 Å². The first-order valence-electron chi connectivity index (χ1n) is 8.52. The number of nitrogens with zero attached hydrogens (tertiary/aromatic N) is 1. The Balaban J connectivity index is 1.55. The van der Waals surface area contributed by atoms with Crippen LogP contribution in [0, 0.1) is 11.7 Å². The molecule has 2 aromatic rings. The van der Waals surface area contributed by atoms with E-state index in [1.54, 1.807) is 23.6 Å². The zero-order chi connectivity index (χ0) is 18.6. The van der Waals surface area contributed by atoms with Crippen LogP contribution in [0.15, 0.2) is 46.0 Å². The summed E-state index contributed by atoms with van der Waals surface area (Å²) in [6.45, 7) is 1.04. The number of carbonyl (C=O) groups is 1. The molecular weight excluding hydrogens is 375 g/mol. The van der Waals surface area contributed by atoms with Gasteiger partial charge in [0, 0.05) is 19.6 Å². The summed E-state index contributed by atoms with van der Waals surface area (Å²) in [5.41, 5.74) is 0.816. The van der Waals surface area contributed by atoms with Crippen molar-refractivity contribution in [1.29, 1.82) is 0 Å². The highest BCUT2D eigenvalue weighted by Gasteiger charge is 2.33. The monoisotopic (exact) mass is 396 g/mol. The highest BCUT2D eigenvalue weighted by molar-refractivity contribution is 7.91. The van der Waals surface area contributed by atoms with Gasteiger partial charge in [0.05, 0.1) is 5.92 Å². The van der Waals surface area contributed by atoms with Gasteiger partial charge in [-0.15, -0.1) is 11.3 Å². The normalized spacial score (nSPS) is 18.6. The summed E-state index contributed by atoms with van der Waals surface area (Å²) in [5, 5.41) is 4.58. The number of hydrogen-bond donors (Lipinski definition) is 1. The maximum Gasteiger partial charge on any atom is 0.252 e. The van der Waals surface area contributed by atoms with E-state index >= 15 is 0 Å². The lowest BCUT2D eigenvalue weighted by molar-refractivity contribution is -0.126. The second kappa shape index (κ2) is 8.28. The quantitative estimate of drug-likeness (QED) is 0.816. The smallest absolute Gasteiger partial charge is 0.252 e. The van der Waals surface area contributed by atoms with Gasteiger partial charge in [0.15, 0.2) is 0 Å². The second-order valence-corrected chi connectivity index (χ2v) is 9.42. The van der Waals surface area contributed by atoms with E-state index in [0.29, 0.717) is 36.6 Å². The number of carbonyl (C=O) groups excluding carboxylic acids is 1. The minimum Gasteiger partial charge on any atom is -0.355 e. The summed E-state index contributed by atoms with van der Waals surface area (Å²) in [6.07, 6.45) is 1.86. The zero-order valence-electron chi connectivity index (χ0n) is 14.2. The Kier molecular flexibility index (Phi) is 6.05. The molecular formula is C18H21FN2O3S2. The summed E-state index contributed by atoms with van der Waals surface area (Å²) < 4.78 is 40.1. The van der Waals surface area contributed by atoms with Crippen molar-refractivity contribution in [2.75, 3.05) is 19.6 Å². The summed E-state index contributed by atoms with van der Waals surface area (Å²) in [4.78, 5) is 12.4. The standard InChI is InChI=1S/C18H21FN2O3S2/c19-16-6-1-4-14(12-16)8-9-20-18(22)15-5-2-10-21(13-15)26(23,24)17-7-3-11-25-17/h1,3-4,6-7,11-12,15H,2,5,8-10,13H2,(H,20,22)/t15-/m1/s1. The molecule has 1 amide bonds. The average molecular weight is 397 g/mol. The van der Waals surface area contributed by atoms with Gasteiger partial charge in [0.2, 0.25) is 5.91 Å². The highest BCUT2D eigenvalue weighted by atomic mass is 32.2. The molecule has 1 N–H and O–H groups in total. The fourth-order valence-electron chi connectivity index (χ4n) is 3.08. The van der Waals surface area contributed by atoms with Crippen molar-refractivity contribution in [3.05, 3.63) is 53.2 Å². The number of thiophene rings is 1. The van der Waals surface area contributed by atoms with Gasteiger partial charge >= 0.3 is 0 Å². The molecule has 1 fully saturated rings. The van der Waals surface area contributed by atoms with Crippen LogP contribution in [-0.2, 0) is 21.2 Å². The molecule has 1 saturated heterocycles. The number of hydrogen-bond acceptors (Lipinski definition) is 4. The van der Waals surface area contributed by atoms with Crippen molar-refractivity contribution in [1.82, 2.24) is 9.62 Å². The number of halogens is 1. The van der Waals surface area contributed by atoms with E-state index in [1.807, 2.05) is 6.07 Å². The minimum absolute atomic E-state index is 0.146. The van der Waals surface area contributed by atoms with E-state index in [1.165, 1.54) is 27.8 Å². The Bertz CT molecular complexity index is 853. The molecule has 1 aromatic carbocycles. The van der Waals surface area contributed by atoms with Crippen molar-refractivity contribution >= 4 is 27.3 Å². The third kappa shape index (κ3) is 4.49. The topological polar surface area (TPSA) is 66.5 Å². The Morgan fingerprint density at radius 3 is 2.88 bits per heavy atom. The van der Waals surface area contributed by atoms with Crippen LogP contribution in [0.1, 0.15) is 18.4 Å². The summed E-state index contributed by atoms with van der Waals surface area (Å²) in [6, 6.07) is 9.57. The number of benzene rings is 1. The van der Waals surface area contributed by atoms with Gasteiger partial charge in [0.25, 0.3) is 10.0 Å². The van der Waals surface area contributed by atoms with E-state index in [0.717, 1.165) is 5.56 Å². The predicted octanol–water partition coefficient (Wildman–Crippen LogP) is 2.65. The van der Waals surface area contributed by atoms with Crippen molar-refractivity contribution < 1.29 is 17.6 Å². The molecule has 0 bridgehead atoms. The van der Waals surface area contributed by atoms with Crippen LogP contribution in [0.3, 0.4) is 0 Å². The maximum absolute atomic E-state index is 13.2. The molecule has 8 heteroatoms. The predicted molar refractivity (Wildman–Crippen MR) is 98.9 cm³/mol. The molecule has 140 valence electrons. The minimum atomic E-state index is -3.52. The van der Waals surface area contributed by atoms with Gasteiger partial charge in [-0.3, -0.25) is 4.79 Å². The largest absolute Gasteiger partial charge is 0.355 e. The van der Waals surface area contributed by atoms with Crippen molar-refractivity contribution in [2.45, 2.75) is 23.5 Å². The van der Waals surface area contributed by atoms with E-state index in [-0.39, 0.29) is 24.2 Å². The third-order valence-electron chi connectivity index (χ3n) is 4.45. The summed E-state index contributed by atoms with van der Waals surface area (Å²) in [5.74, 6) is -0.797. The first-order chi connectivity index (χ1) is 12.5. The molecule has 0 aliphatic carbocycles. The van der Waals surface area contributed by atoms with E-state index in [9.17, 15) is 17.6 Å². The zero-order valence-corrected chi connectivity index (χ0v) is 15.9. The molecule has 26 heavy (non-hydrogen) atoms. The lowest BCUT2D eigenvalue weighted by Crippen LogP contribution is -2.45. The number of piperidine rings is 1. The number of amides is 1. The number of sulfonamides is 1. The van der Waals surface area contributed by atoms with Gasteiger partial charge in [-0.2, -0.15) is 4.31 Å². The Labute approximate surface area is 156 Å². The molecule has 1 atom stereocenters. The Morgan fingerprint density at radius 2 is 2.15 bits per heavy atom. The molecule has 5 nitrogen and oxygen atoms in total. The second-order valence-electron chi connectivity index (χ2n) is 6.31. The highest BCUT2D eigenvalue weighted by Crippen LogP contribution is 2.26. The van der Waals surface area contributed by atoms with Gasteiger partial charge in [-0.1, -0.05) is 18.2 Å². The first kappa shape index (κ1) is 19.0. The van der Waals surface area contributed by atoms with Gasteiger partial charge in [-0.05, 0) is 48.4 Å². The summed E-state index contributed by atoms with van der Waals surface area (Å²) in [7, 11) is -3.52. The van der Waals surface area contributed by atoms with Crippen LogP contribution in [0.4, 0.5) is 4.39 Å². The van der Waals surface area contributed by atoms with E-state index in [2.05, 4.69) is 5.32 Å². The number of nitrogens with one attached hydrogen (secondary N) is 1. The van der Waals surface area contributed by atoms with Crippen molar-refractivity contribution in [2.24, 2.45) is 5.92 Å². The van der Waals surface area contributed by atoms with Gasteiger partial charge in [-0.25, -0.2) is 12.8 Å². The summed E-state index contributed by atoms with van der Waals surface area (Å²) >= 11 is 1.18. The Morgan fingerprint density at radius 1 is 1.31 bits per heavy atom. The third-order valence-corrected chi connectivity index (χ3v) is 7.68. The molecule has 2 heterocycles. The molecule has 0 unspecified atom stereocenters. The molecule has 0 saturated carbocycles. The first-order valence-corrected chi connectivity index (χ1v) is 10.8. The van der Waals surface area contributed by atoms with Crippen LogP contribution >= 0.6 is 11.3 Å². The molecule has 1 aliphatic rings. The van der Waals surface area contributed by atoms with Crippen LogP contribution in [0.25, 0.3) is 0 Å². The van der Waals surface area contributed by atoms with Crippen LogP contribution in [-0.4, -0.2) is 38.3 Å². The molecule has 3 rings (SSSR count). The van der Waals surface area contributed by atoms with Crippen LogP contribution < -0.4 is 5.32 Å². The van der Waals surface area contributed by atoms with E-state index in [4.69, 9.17) is 0 Å². The molecule has 1 aliphatic heterocycles. The van der Waals surface area contributed by atoms with Crippen molar-refractivity contribution in [3.8, 4) is 0 Å². The van der Waals surface area contributed by atoms with Crippen LogP contribution in [0.2, 0.25) is 0 Å². The fraction of sp³-hybridized carbons (Fsp3) is 0.389. The molecule has 0 radical (unpaired) electrons. The van der Waals surface area contributed by atoms with Crippen molar-refractivity contribution in [3.63, 3.8) is 0 Å². The van der Waals surface area contributed by atoms with Gasteiger partial charge < -0.3 is 5.32 Å².